The van der Waals surface area contributed by atoms with Gasteiger partial charge in [-0.05, 0) is 37.1 Å². The molecule has 0 aliphatic carbocycles. The molecule has 1 aromatic rings. The van der Waals surface area contributed by atoms with Crippen LogP contribution in [0.4, 0.5) is 5.69 Å². The summed E-state index contributed by atoms with van der Waals surface area (Å²) in [5, 5.41) is 3.65. The predicted molar refractivity (Wildman–Crippen MR) is 73.9 cm³/mol. The fraction of sp³-hybridized carbons (Fsp3) is 0.385. The van der Waals surface area contributed by atoms with Gasteiger partial charge in [0.15, 0.2) is 0 Å². The molecular formula is C13H16ClN3O2. The van der Waals surface area contributed by atoms with Crippen LogP contribution >= 0.6 is 11.6 Å². The molecule has 1 fully saturated rings. The number of hydrogen-bond donors (Lipinski definition) is 2. The summed E-state index contributed by atoms with van der Waals surface area (Å²) >= 11 is 5.78. The second-order valence-corrected chi connectivity index (χ2v) is 4.94. The van der Waals surface area contributed by atoms with Gasteiger partial charge in [-0.3, -0.25) is 9.59 Å². The summed E-state index contributed by atoms with van der Waals surface area (Å²) in [5.41, 5.74) is 6.09. The van der Waals surface area contributed by atoms with Crippen molar-refractivity contribution in [3.63, 3.8) is 0 Å². The van der Waals surface area contributed by atoms with Crippen LogP contribution in [0.3, 0.4) is 0 Å². The summed E-state index contributed by atoms with van der Waals surface area (Å²) in [7, 11) is 0. The molecular weight excluding hydrogens is 266 g/mol. The van der Waals surface area contributed by atoms with Gasteiger partial charge in [0.25, 0.3) is 0 Å². The molecule has 1 saturated heterocycles. The van der Waals surface area contributed by atoms with Crippen LogP contribution in [-0.2, 0) is 9.59 Å². The number of likely N-dealkylation sites (tertiary alicyclic amines) is 1. The molecule has 1 aliphatic heterocycles. The van der Waals surface area contributed by atoms with Crippen molar-refractivity contribution < 1.29 is 9.59 Å². The highest BCUT2D eigenvalue weighted by molar-refractivity contribution is 6.30. The van der Waals surface area contributed by atoms with Crippen molar-refractivity contribution in [2.24, 2.45) is 5.73 Å². The van der Waals surface area contributed by atoms with Crippen LogP contribution in [-0.4, -0.2) is 35.8 Å². The van der Waals surface area contributed by atoms with E-state index in [0.717, 1.165) is 12.1 Å². The van der Waals surface area contributed by atoms with Crippen molar-refractivity contribution >= 4 is 29.1 Å². The number of carbonyl (C=O) groups excluding carboxylic acids is 2. The first-order chi connectivity index (χ1) is 9.08. The average molecular weight is 282 g/mol. The van der Waals surface area contributed by atoms with Crippen LogP contribution in [0.25, 0.3) is 0 Å². The lowest BCUT2D eigenvalue weighted by molar-refractivity contribution is -0.135. The van der Waals surface area contributed by atoms with Crippen LogP contribution in [0.5, 0.6) is 0 Å². The van der Waals surface area contributed by atoms with Crippen molar-refractivity contribution in [3.8, 4) is 0 Å². The van der Waals surface area contributed by atoms with E-state index in [-0.39, 0.29) is 12.5 Å². The summed E-state index contributed by atoms with van der Waals surface area (Å²) in [6.07, 6.45) is 1.47. The molecule has 6 heteroatoms. The van der Waals surface area contributed by atoms with Gasteiger partial charge in [-0.15, -0.1) is 0 Å². The van der Waals surface area contributed by atoms with Crippen molar-refractivity contribution in [3.05, 3.63) is 29.3 Å². The Balaban J connectivity index is 1.90. The van der Waals surface area contributed by atoms with Gasteiger partial charge in [0, 0.05) is 17.3 Å². The van der Waals surface area contributed by atoms with E-state index in [4.69, 9.17) is 17.3 Å². The number of rotatable bonds is 4. The van der Waals surface area contributed by atoms with E-state index in [1.807, 2.05) is 0 Å². The Kier molecular flexibility index (Phi) is 4.27. The molecule has 1 aromatic carbocycles. The van der Waals surface area contributed by atoms with Gasteiger partial charge in [-0.25, -0.2) is 0 Å². The van der Waals surface area contributed by atoms with E-state index < -0.39 is 11.9 Å². The van der Waals surface area contributed by atoms with Gasteiger partial charge in [-0.1, -0.05) is 11.6 Å². The van der Waals surface area contributed by atoms with Crippen LogP contribution in [0.1, 0.15) is 12.8 Å². The summed E-state index contributed by atoms with van der Waals surface area (Å²) in [6, 6.07) is 6.63. The molecule has 0 aromatic heterocycles. The van der Waals surface area contributed by atoms with E-state index in [2.05, 4.69) is 5.32 Å². The van der Waals surface area contributed by atoms with E-state index >= 15 is 0 Å². The number of nitrogens with zero attached hydrogens (tertiary/aromatic N) is 1. The number of amides is 2. The third-order valence-electron chi connectivity index (χ3n) is 3.19. The van der Waals surface area contributed by atoms with Crippen LogP contribution in [0.2, 0.25) is 5.02 Å². The first-order valence-corrected chi connectivity index (χ1v) is 6.54. The quantitative estimate of drug-likeness (QED) is 0.871. The summed E-state index contributed by atoms with van der Waals surface area (Å²) in [6.45, 7) is 0.736. The molecule has 5 nitrogen and oxygen atoms in total. The third-order valence-corrected chi connectivity index (χ3v) is 3.44. The number of benzene rings is 1. The molecule has 0 bridgehead atoms. The Hall–Kier alpha value is -1.75. The maximum absolute atomic E-state index is 12.0. The Morgan fingerprint density at radius 3 is 2.68 bits per heavy atom. The van der Waals surface area contributed by atoms with Crippen molar-refractivity contribution in [2.45, 2.75) is 18.9 Å². The van der Waals surface area contributed by atoms with Gasteiger partial charge in [0.1, 0.15) is 6.04 Å². The lowest BCUT2D eigenvalue weighted by Gasteiger charge is -2.22. The second kappa shape index (κ2) is 5.93. The van der Waals surface area contributed by atoms with Crippen LogP contribution < -0.4 is 11.1 Å². The van der Waals surface area contributed by atoms with Crippen molar-refractivity contribution in [1.82, 2.24) is 4.90 Å². The molecule has 0 spiro atoms. The van der Waals surface area contributed by atoms with E-state index in [1.165, 1.54) is 0 Å². The monoisotopic (exact) mass is 281 g/mol. The van der Waals surface area contributed by atoms with Gasteiger partial charge in [0.05, 0.1) is 6.54 Å². The number of nitrogens with two attached hydrogens (primary N) is 1. The lowest BCUT2D eigenvalue weighted by atomic mass is 10.2. The highest BCUT2D eigenvalue weighted by Crippen LogP contribution is 2.17. The van der Waals surface area contributed by atoms with E-state index in [1.54, 1.807) is 29.2 Å². The molecule has 0 unspecified atom stereocenters. The number of nitrogens with one attached hydrogen (secondary N) is 1. The standard InChI is InChI=1S/C13H16ClN3O2/c14-9-3-5-10(6-4-9)16-8-12(18)17-7-1-2-11(17)13(15)19/h3-6,11,16H,1-2,7-8H2,(H2,15,19)/t11-/m0/s1. The van der Waals surface area contributed by atoms with E-state index in [9.17, 15) is 9.59 Å². The first kappa shape index (κ1) is 13.7. The van der Waals surface area contributed by atoms with E-state index in [0.29, 0.717) is 18.0 Å². The lowest BCUT2D eigenvalue weighted by Crippen LogP contribution is -2.45. The van der Waals surface area contributed by atoms with Crippen molar-refractivity contribution in [1.29, 1.82) is 0 Å². The number of primary amides is 1. The number of carbonyl (C=O) groups is 2. The highest BCUT2D eigenvalue weighted by Gasteiger charge is 2.32. The van der Waals surface area contributed by atoms with Crippen molar-refractivity contribution in [2.75, 3.05) is 18.4 Å². The number of hydrogen-bond acceptors (Lipinski definition) is 3. The Morgan fingerprint density at radius 1 is 1.37 bits per heavy atom. The topological polar surface area (TPSA) is 75.4 Å². The molecule has 19 heavy (non-hydrogen) atoms. The minimum absolute atomic E-state index is 0.115. The van der Waals surface area contributed by atoms with Crippen LogP contribution in [0.15, 0.2) is 24.3 Å². The smallest absolute Gasteiger partial charge is 0.242 e. The Bertz CT molecular complexity index is 475. The maximum Gasteiger partial charge on any atom is 0.242 e. The second-order valence-electron chi connectivity index (χ2n) is 4.51. The molecule has 0 saturated carbocycles. The fourth-order valence-corrected chi connectivity index (χ4v) is 2.33. The number of anilines is 1. The first-order valence-electron chi connectivity index (χ1n) is 6.16. The summed E-state index contributed by atoms with van der Waals surface area (Å²) < 4.78 is 0. The molecule has 3 N–H and O–H groups in total. The maximum atomic E-state index is 12.0. The minimum Gasteiger partial charge on any atom is -0.376 e. The molecule has 1 aliphatic rings. The van der Waals surface area contributed by atoms with Gasteiger partial charge < -0.3 is 16.0 Å². The largest absolute Gasteiger partial charge is 0.376 e. The molecule has 102 valence electrons. The minimum atomic E-state index is -0.459. The molecule has 0 radical (unpaired) electrons. The molecule has 2 amide bonds. The Morgan fingerprint density at radius 2 is 2.05 bits per heavy atom. The fourth-order valence-electron chi connectivity index (χ4n) is 2.21. The normalized spacial score (nSPS) is 18.4. The zero-order valence-electron chi connectivity index (χ0n) is 10.4. The SMILES string of the molecule is NC(=O)[C@@H]1CCCN1C(=O)CNc1ccc(Cl)cc1. The zero-order valence-corrected chi connectivity index (χ0v) is 11.2. The summed E-state index contributed by atoms with van der Waals surface area (Å²) in [5.74, 6) is -0.548. The van der Waals surface area contributed by atoms with Gasteiger partial charge >= 0.3 is 0 Å². The number of halogens is 1. The highest BCUT2D eigenvalue weighted by atomic mass is 35.5. The summed E-state index contributed by atoms with van der Waals surface area (Å²) in [4.78, 5) is 24.8. The third kappa shape index (κ3) is 3.38. The Labute approximate surface area is 116 Å². The van der Waals surface area contributed by atoms with Gasteiger partial charge in [0.2, 0.25) is 11.8 Å². The average Bonchev–Trinajstić information content (AvgIpc) is 2.87. The zero-order chi connectivity index (χ0) is 13.8. The van der Waals surface area contributed by atoms with Crippen LogP contribution in [0, 0.1) is 0 Å². The van der Waals surface area contributed by atoms with Gasteiger partial charge in [-0.2, -0.15) is 0 Å². The molecule has 1 atom stereocenters. The predicted octanol–water partition coefficient (Wildman–Crippen LogP) is 1.23. The molecule has 1 heterocycles. The molecule has 2 rings (SSSR count).